The number of hydrogen-bond donors (Lipinski definition) is 2. The number of anilines is 1. The Hall–Kier alpha value is -3.05. The molecule has 0 bridgehead atoms. The van der Waals surface area contributed by atoms with Crippen molar-refractivity contribution in [2.45, 2.75) is 25.3 Å². The molecule has 172 valence electrons. The van der Waals surface area contributed by atoms with E-state index >= 15 is 0 Å². The highest BCUT2D eigenvalue weighted by molar-refractivity contribution is 8.03. The van der Waals surface area contributed by atoms with Crippen LogP contribution in [0.5, 0.6) is 5.75 Å². The van der Waals surface area contributed by atoms with Crippen LogP contribution in [-0.2, 0) is 13.6 Å². The quantitative estimate of drug-likeness (QED) is 0.409. The second-order valence-electron chi connectivity index (χ2n) is 7.19. The van der Waals surface area contributed by atoms with Crippen LogP contribution in [0.15, 0.2) is 50.0 Å². The van der Waals surface area contributed by atoms with E-state index in [1.54, 1.807) is 22.7 Å². The minimum atomic E-state index is -0.556. The lowest BCUT2D eigenvalue weighted by molar-refractivity contribution is 0.277. The average Bonchev–Trinajstić information content (AvgIpc) is 3.18. The summed E-state index contributed by atoms with van der Waals surface area (Å²) in [4.78, 5) is 32.7. The summed E-state index contributed by atoms with van der Waals surface area (Å²) in [6, 6.07) is 5.70. The number of hydrogen-bond acceptors (Lipinski definition) is 8. The second kappa shape index (κ2) is 10.5. The maximum Gasteiger partial charge on any atom is 0.332 e. The van der Waals surface area contributed by atoms with Crippen LogP contribution in [0.2, 0.25) is 0 Å². The number of benzene rings is 1. The fourth-order valence-electron chi connectivity index (χ4n) is 3.34. The SMILES string of the molecule is C=Nc1c(N(COc2cccc(F)c2)CC2NC=C(C)S2)c(=O)n(CCCO)c(=O)n1C. The zero-order valence-electron chi connectivity index (χ0n) is 18.0. The summed E-state index contributed by atoms with van der Waals surface area (Å²) in [5, 5.41) is 12.3. The number of halogens is 1. The zero-order chi connectivity index (χ0) is 23.3. The van der Waals surface area contributed by atoms with Gasteiger partial charge in [0.05, 0.1) is 11.9 Å². The van der Waals surface area contributed by atoms with E-state index in [1.165, 1.54) is 29.8 Å². The zero-order valence-corrected chi connectivity index (χ0v) is 18.8. The molecule has 9 nitrogen and oxygen atoms in total. The summed E-state index contributed by atoms with van der Waals surface area (Å²) in [7, 11) is 1.50. The first kappa shape index (κ1) is 23.6. The number of thioether (sulfide) groups is 1. The highest BCUT2D eigenvalue weighted by Gasteiger charge is 2.26. The third kappa shape index (κ3) is 5.22. The van der Waals surface area contributed by atoms with Crippen molar-refractivity contribution in [3.63, 3.8) is 0 Å². The van der Waals surface area contributed by atoms with Crippen molar-refractivity contribution < 1.29 is 14.2 Å². The lowest BCUT2D eigenvalue weighted by Gasteiger charge is -2.29. The van der Waals surface area contributed by atoms with E-state index in [9.17, 15) is 19.1 Å². The number of aromatic nitrogens is 2. The van der Waals surface area contributed by atoms with Gasteiger partial charge in [0.1, 0.15) is 17.3 Å². The van der Waals surface area contributed by atoms with Crippen molar-refractivity contribution in [2.75, 3.05) is 24.8 Å². The Balaban J connectivity index is 2.03. The molecule has 0 spiro atoms. The summed E-state index contributed by atoms with van der Waals surface area (Å²) in [6.07, 6.45) is 2.13. The van der Waals surface area contributed by atoms with Crippen molar-refractivity contribution in [3.05, 3.63) is 62.0 Å². The molecule has 11 heteroatoms. The van der Waals surface area contributed by atoms with Crippen molar-refractivity contribution in [1.29, 1.82) is 0 Å². The summed E-state index contributed by atoms with van der Waals surface area (Å²) in [5.41, 5.74) is -0.964. The third-order valence-electron chi connectivity index (χ3n) is 4.87. The molecule has 0 aliphatic carbocycles. The van der Waals surface area contributed by atoms with Gasteiger partial charge in [0.2, 0.25) is 0 Å². The van der Waals surface area contributed by atoms with E-state index in [2.05, 4.69) is 17.0 Å². The van der Waals surface area contributed by atoms with Crippen LogP contribution >= 0.6 is 11.8 Å². The lowest BCUT2D eigenvalue weighted by atomic mass is 10.3. The monoisotopic (exact) mass is 463 g/mol. The number of nitrogens with zero attached hydrogens (tertiary/aromatic N) is 4. The molecule has 2 N–H and O–H groups in total. The molecule has 1 aliphatic heterocycles. The number of ether oxygens (including phenoxy) is 1. The van der Waals surface area contributed by atoms with Gasteiger partial charge in [0, 0.05) is 32.5 Å². The van der Waals surface area contributed by atoms with Crippen molar-refractivity contribution in [1.82, 2.24) is 14.5 Å². The van der Waals surface area contributed by atoms with Crippen LogP contribution in [0, 0.1) is 5.82 Å². The second-order valence-corrected chi connectivity index (χ2v) is 8.64. The molecular weight excluding hydrogens is 437 g/mol. The number of aliphatic hydroxyl groups is 1. The van der Waals surface area contributed by atoms with Gasteiger partial charge in [0.25, 0.3) is 5.56 Å². The minimum absolute atomic E-state index is 0.0577. The smallest absolute Gasteiger partial charge is 0.332 e. The van der Waals surface area contributed by atoms with Crippen LogP contribution in [0.4, 0.5) is 15.9 Å². The van der Waals surface area contributed by atoms with Gasteiger partial charge in [-0.3, -0.25) is 13.9 Å². The van der Waals surface area contributed by atoms with Gasteiger partial charge < -0.3 is 20.1 Å². The van der Waals surface area contributed by atoms with Gasteiger partial charge in [-0.25, -0.2) is 14.2 Å². The van der Waals surface area contributed by atoms with Crippen molar-refractivity contribution in [3.8, 4) is 5.75 Å². The van der Waals surface area contributed by atoms with E-state index in [0.29, 0.717) is 12.3 Å². The molecule has 3 rings (SSSR count). The lowest BCUT2D eigenvalue weighted by Crippen LogP contribution is -2.46. The van der Waals surface area contributed by atoms with Crippen LogP contribution in [0.1, 0.15) is 13.3 Å². The summed E-state index contributed by atoms with van der Waals surface area (Å²) in [6.45, 7) is 5.65. The fourth-order valence-corrected chi connectivity index (χ4v) is 4.31. The van der Waals surface area contributed by atoms with E-state index in [1.807, 2.05) is 13.1 Å². The van der Waals surface area contributed by atoms with Gasteiger partial charge in [0.15, 0.2) is 12.5 Å². The third-order valence-corrected chi connectivity index (χ3v) is 5.93. The highest BCUT2D eigenvalue weighted by atomic mass is 32.2. The average molecular weight is 464 g/mol. The molecule has 1 aromatic carbocycles. The Labute approximate surface area is 188 Å². The molecule has 1 aliphatic rings. The van der Waals surface area contributed by atoms with E-state index in [0.717, 1.165) is 9.47 Å². The van der Waals surface area contributed by atoms with Gasteiger partial charge >= 0.3 is 5.69 Å². The minimum Gasteiger partial charge on any atom is -0.473 e. The Kier molecular flexibility index (Phi) is 7.75. The Bertz CT molecular complexity index is 1130. The van der Waals surface area contributed by atoms with E-state index in [4.69, 9.17) is 4.74 Å². The molecule has 1 atom stereocenters. The maximum atomic E-state index is 13.6. The van der Waals surface area contributed by atoms with Gasteiger partial charge in [-0.1, -0.05) is 6.07 Å². The van der Waals surface area contributed by atoms with Crippen LogP contribution in [0.25, 0.3) is 0 Å². The van der Waals surface area contributed by atoms with E-state index < -0.39 is 17.1 Å². The number of allylic oxidation sites excluding steroid dienone is 1. The molecule has 1 unspecified atom stereocenters. The Morgan fingerprint density at radius 1 is 1.41 bits per heavy atom. The van der Waals surface area contributed by atoms with Crippen LogP contribution < -0.4 is 26.2 Å². The molecule has 1 aromatic heterocycles. The van der Waals surface area contributed by atoms with Crippen LogP contribution in [-0.4, -0.2) is 46.2 Å². The molecule has 0 saturated heterocycles. The van der Waals surface area contributed by atoms with Crippen LogP contribution in [0.3, 0.4) is 0 Å². The molecule has 0 saturated carbocycles. The first-order valence-corrected chi connectivity index (χ1v) is 10.9. The van der Waals surface area contributed by atoms with Gasteiger partial charge in [-0.05, 0) is 37.1 Å². The normalized spacial score (nSPS) is 15.2. The molecule has 2 heterocycles. The van der Waals surface area contributed by atoms with Crippen molar-refractivity contribution in [2.24, 2.45) is 12.0 Å². The fraction of sp³-hybridized carbons (Fsp3) is 0.381. The maximum absolute atomic E-state index is 13.6. The first-order valence-electron chi connectivity index (χ1n) is 10.00. The molecule has 0 amide bonds. The highest BCUT2D eigenvalue weighted by Crippen LogP contribution is 2.29. The van der Waals surface area contributed by atoms with Crippen molar-refractivity contribution >= 4 is 30.0 Å². The summed E-state index contributed by atoms with van der Waals surface area (Å²) >= 11 is 1.59. The van der Waals surface area contributed by atoms with Gasteiger partial charge in [-0.2, -0.15) is 0 Å². The van der Waals surface area contributed by atoms with Gasteiger partial charge in [-0.15, -0.1) is 11.8 Å². The standard InChI is InChI=1S/C21H26FN5O4S/c1-14-11-24-17(32-14)12-26(13-31-16-7-4-6-15(22)10-16)18-19(23-2)25(3)21(30)27(20(18)29)8-5-9-28/h4,6-7,10-11,17,24,28H,2,5,8-9,12-13H2,1,3H3. The van der Waals surface area contributed by atoms with E-state index in [-0.39, 0.29) is 43.2 Å². The molecule has 32 heavy (non-hydrogen) atoms. The number of nitrogens with one attached hydrogen (secondary N) is 1. The molecule has 0 fully saturated rings. The summed E-state index contributed by atoms with van der Waals surface area (Å²) < 4.78 is 21.7. The largest absolute Gasteiger partial charge is 0.473 e. The molecule has 0 radical (unpaired) electrons. The topological polar surface area (TPSA) is 101 Å². The first-order chi connectivity index (χ1) is 15.3. The summed E-state index contributed by atoms with van der Waals surface area (Å²) in [5.74, 6) is -0.0329. The molecular formula is C21H26FN5O4S. The Morgan fingerprint density at radius 3 is 2.81 bits per heavy atom. The number of aliphatic imine (C=N–C) groups is 1. The molecule has 2 aromatic rings. The predicted molar refractivity (Wildman–Crippen MR) is 124 cm³/mol. The number of aliphatic hydroxyl groups excluding tert-OH is 1. The predicted octanol–water partition coefficient (Wildman–Crippen LogP) is 1.77. The number of rotatable bonds is 10. The Morgan fingerprint density at radius 2 is 2.19 bits per heavy atom.